The first-order valence-electron chi connectivity index (χ1n) is 12.1. The van der Waals surface area contributed by atoms with Crippen LogP contribution in [0, 0.1) is 0 Å². The Morgan fingerprint density at radius 1 is 0.972 bits per heavy atom. The number of nitrogens with zero attached hydrogens (tertiary/aromatic N) is 4. The summed E-state index contributed by atoms with van der Waals surface area (Å²) in [6, 6.07) is 9.16. The average molecular weight is 493 g/mol. The summed E-state index contributed by atoms with van der Waals surface area (Å²) in [5.74, 6) is -0.321. The maximum atomic E-state index is 13.6. The lowest BCUT2D eigenvalue weighted by atomic mass is 9.95. The number of piperazine rings is 1. The van der Waals surface area contributed by atoms with E-state index in [1.54, 1.807) is 35.5 Å². The number of aromatic nitrogens is 2. The minimum atomic E-state index is -0.474. The highest BCUT2D eigenvalue weighted by Gasteiger charge is 2.32. The number of hydrogen-bond acceptors (Lipinski definition) is 8. The molecule has 1 fully saturated rings. The van der Waals surface area contributed by atoms with Gasteiger partial charge in [0, 0.05) is 44.3 Å². The number of benzene rings is 1. The van der Waals surface area contributed by atoms with Crippen LogP contribution >= 0.6 is 0 Å². The normalized spacial score (nSPS) is 13.5. The number of carbonyl (C=O) groups is 1. The molecule has 0 bridgehead atoms. The van der Waals surface area contributed by atoms with Crippen LogP contribution in [0.1, 0.15) is 35.8 Å². The van der Waals surface area contributed by atoms with Gasteiger partial charge >= 0.3 is 0 Å². The molecule has 0 spiro atoms. The number of amides is 1. The lowest BCUT2D eigenvalue weighted by Crippen LogP contribution is -2.48. The zero-order valence-corrected chi connectivity index (χ0v) is 20.9. The van der Waals surface area contributed by atoms with E-state index >= 15 is 0 Å². The molecule has 1 aliphatic heterocycles. The van der Waals surface area contributed by atoms with Crippen LogP contribution in [0.3, 0.4) is 0 Å². The molecular weight excluding hydrogens is 460 g/mol. The van der Waals surface area contributed by atoms with Crippen LogP contribution in [-0.4, -0.2) is 71.4 Å². The molecule has 36 heavy (non-hydrogen) atoms. The Kier molecular flexibility index (Phi) is 7.77. The van der Waals surface area contributed by atoms with E-state index in [-0.39, 0.29) is 11.3 Å². The predicted octanol–water partition coefficient (Wildman–Crippen LogP) is 3.88. The number of pyridine rings is 2. The van der Waals surface area contributed by atoms with Crippen LogP contribution in [0.2, 0.25) is 0 Å². The fourth-order valence-electron chi connectivity index (χ4n) is 4.57. The first kappa shape index (κ1) is 25.1. The lowest BCUT2D eigenvalue weighted by Gasteiger charge is -2.36. The van der Waals surface area contributed by atoms with Gasteiger partial charge < -0.3 is 29.5 Å². The van der Waals surface area contributed by atoms with Crippen molar-refractivity contribution < 1.29 is 24.5 Å². The van der Waals surface area contributed by atoms with E-state index in [0.717, 1.165) is 18.5 Å². The minimum absolute atomic E-state index is 0.212. The van der Waals surface area contributed by atoms with E-state index < -0.39 is 11.8 Å². The van der Waals surface area contributed by atoms with Gasteiger partial charge in [0.15, 0.2) is 0 Å². The van der Waals surface area contributed by atoms with Crippen molar-refractivity contribution in [3.63, 3.8) is 0 Å². The van der Waals surface area contributed by atoms with E-state index in [1.807, 2.05) is 19.1 Å². The molecule has 0 atom stereocenters. The summed E-state index contributed by atoms with van der Waals surface area (Å²) in [6.45, 7) is 4.15. The first-order chi connectivity index (χ1) is 17.5. The quantitative estimate of drug-likeness (QED) is 0.488. The van der Waals surface area contributed by atoms with Gasteiger partial charge in [-0.15, -0.1) is 0 Å². The number of methoxy groups -OCH3 is 2. The second kappa shape index (κ2) is 11.2. The number of carbonyl (C=O) groups excluding carboxylic acids is 1. The number of anilines is 1. The van der Waals surface area contributed by atoms with Crippen LogP contribution in [0.5, 0.6) is 23.1 Å². The molecule has 1 aromatic carbocycles. The molecule has 9 heteroatoms. The highest BCUT2D eigenvalue weighted by atomic mass is 16.5. The standard InChI is InChI=1S/C27H32N4O5/c1-4-5-7-19-22(23-20(35-2)8-6-9-21(23)36-3)25(32)24(26(33)29-19)27(34)31-16-14-30(15-17-31)18-10-12-28-13-11-18/h6,8-13H,4-5,7,14-17H2,1-3H3,(H2,29,32,33). The molecule has 1 amide bonds. The Labute approximate surface area is 210 Å². The average Bonchev–Trinajstić information content (AvgIpc) is 2.92. The second-order valence-electron chi connectivity index (χ2n) is 8.61. The van der Waals surface area contributed by atoms with Crippen molar-refractivity contribution in [2.45, 2.75) is 26.2 Å². The third-order valence-corrected chi connectivity index (χ3v) is 6.48. The van der Waals surface area contributed by atoms with Crippen molar-refractivity contribution in [3.8, 4) is 34.3 Å². The minimum Gasteiger partial charge on any atom is -0.506 e. The van der Waals surface area contributed by atoms with Gasteiger partial charge in [-0.3, -0.25) is 9.78 Å². The summed E-state index contributed by atoms with van der Waals surface area (Å²) in [4.78, 5) is 25.8. The molecule has 1 aliphatic rings. The molecule has 0 unspecified atom stereocenters. The van der Waals surface area contributed by atoms with Gasteiger partial charge in [0.25, 0.3) is 5.91 Å². The number of aromatic hydroxyl groups is 2. The number of aryl methyl sites for hydroxylation is 1. The van der Waals surface area contributed by atoms with Crippen molar-refractivity contribution in [1.29, 1.82) is 0 Å². The number of unbranched alkanes of at least 4 members (excludes halogenated alkanes) is 1. The van der Waals surface area contributed by atoms with E-state index in [0.29, 0.717) is 60.9 Å². The summed E-state index contributed by atoms with van der Waals surface area (Å²) in [5.41, 5.74) is 2.14. The van der Waals surface area contributed by atoms with E-state index in [4.69, 9.17) is 9.47 Å². The Bertz CT molecular complexity index is 1190. The lowest BCUT2D eigenvalue weighted by molar-refractivity contribution is 0.0739. The second-order valence-corrected chi connectivity index (χ2v) is 8.61. The Balaban J connectivity index is 1.73. The molecule has 2 aromatic heterocycles. The summed E-state index contributed by atoms with van der Waals surface area (Å²) >= 11 is 0. The summed E-state index contributed by atoms with van der Waals surface area (Å²) < 4.78 is 11.1. The fourth-order valence-corrected chi connectivity index (χ4v) is 4.57. The zero-order chi connectivity index (χ0) is 25.7. The molecule has 3 aromatic rings. The number of rotatable bonds is 8. The van der Waals surface area contributed by atoms with Crippen molar-refractivity contribution in [1.82, 2.24) is 14.9 Å². The van der Waals surface area contributed by atoms with Crippen molar-refractivity contribution in [2.75, 3.05) is 45.3 Å². The summed E-state index contributed by atoms with van der Waals surface area (Å²) in [6.07, 6.45) is 5.67. The molecule has 2 N–H and O–H groups in total. The van der Waals surface area contributed by atoms with Crippen molar-refractivity contribution >= 4 is 11.6 Å². The van der Waals surface area contributed by atoms with Gasteiger partial charge in [-0.1, -0.05) is 19.4 Å². The molecule has 0 aliphatic carbocycles. The molecule has 0 radical (unpaired) electrons. The van der Waals surface area contributed by atoms with E-state index in [9.17, 15) is 15.0 Å². The van der Waals surface area contributed by atoms with Crippen LogP contribution in [0.4, 0.5) is 5.69 Å². The Hall–Kier alpha value is -4.01. The molecule has 190 valence electrons. The summed E-state index contributed by atoms with van der Waals surface area (Å²) in [7, 11) is 3.06. The number of hydrogen-bond donors (Lipinski definition) is 2. The van der Waals surface area contributed by atoms with Crippen LogP contribution in [0.25, 0.3) is 11.1 Å². The third-order valence-electron chi connectivity index (χ3n) is 6.48. The molecule has 4 rings (SSSR count). The van der Waals surface area contributed by atoms with Gasteiger partial charge in [-0.2, -0.15) is 0 Å². The van der Waals surface area contributed by atoms with Crippen molar-refractivity contribution in [2.24, 2.45) is 0 Å². The van der Waals surface area contributed by atoms with Crippen LogP contribution in [-0.2, 0) is 6.42 Å². The molecular formula is C27H32N4O5. The molecule has 9 nitrogen and oxygen atoms in total. The molecule has 1 saturated heterocycles. The maximum Gasteiger partial charge on any atom is 0.263 e. The topological polar surface area (TPSA) is 108 Å². The molecule has 0 saturated carbocycles. The van der Waals surface area contributed by atoms with E-state index in [2.05, 4.69) is 14.9 Å². The van der Waals surface area contributed by atoms with Gasteiger partial charge in [0.05, 0.1) is 31.0 Å². The van der Waals surface area contributed by atoms with Gasteiger partial charge in [-0.05, 0) is 37.1 Å². The summed E-state index contributed by atoms with van der Waals surface area (Å²) in [5, 5.41) is 22.3. The SMILES string of the molecule is CCCCc1nc(O)c(C(=O)N2CCN(c3ccncc3)CC2)c(O)c1-c1c(OC)cccc1OC. The smallest absolute Gasteiger partial charge is 0.263 e. The maximum absolute atomic E-state index is 13.6. The fraction of sp³-hybridized carbons (Fsp3) is 0.370. The monoisotopic (exact) mass is 492 g/mol. The van der Waals surface area contributed by atoms with Crippen molar-refractivity contribution in [3.05, 3.63) is 54.0 Å². The highest BCUT2D eigenvalue weighted by Crippen LogP contribution is 2.47. The van der Waals surface area contributed by atoms with Gasteiger partial charge in [0.2, 0.25) is 5.88 Å². The van der Waals surface area contributed by atoms with E-state index in [1.165, 1.54) is 14.2 Å². The first-order valence-corrected chi connectivity index (χ1v) is 12.1. The van der Waals surface area contributed by atoms with Gasteiger partial charge in [0.1, 0.15) is 22.8 Å². The van der Waals surface area contributed by atoms with Crippen LogP contribution < -0.4 is 14.4 Å². The Morgan fingerprint density at radius 3 is 2.19 bits per heavy atom. The zero-order valence-electron chi connectivity index (χ0n) is 20.9. The predicted molar refractivity (Wildman–Crippen MR) is 137 cm³/mol. The van der Waals surface area contributed by atoms with Gasteiger partial charge in [-0.25, -0.2) is 4.98 Å². The highest BCUT2D eigenvalue weighted by molar-refractivity contribution is 6.02. The Morgan fingerprint density at radius 2 is 1.61 bits per heavy atom. The molecule has 3 heterocycles. The third kappa shape index (κ3) is 4.86. The number of ether oxygens (including phenoxy) is 2. The van der Waals surface area contributed by atoms with Crippen LogP contribution in [0.15, 0.2) is 42.7 Å². The largest absolute Gasteiger partial charge is 0.506 e.